The molecule has 0 aromatic heterocycles. The van der Waals surface area contributed by atoms with E-state index >= 15 is 0 Å². The van der Waals surface area contributed by atoms with Crippen LogP contribution in [0.5, 0.6) is 0 Å². The van der Waals surface area contributed by atoms with Crippen LogP contribution in [0.15, 0.2) is 41.7 Å². The Kier molecular flexibility index (Phi) is 4.24. The Bertz CT molecular complexity index is 602. The van der Waals surface area contributed by atoms with Crippen LogP contribution in [0.1, 0.15) is 24.8 Å². The van der Waals surface area contributed by atoms with E-state index in [9.17, 15) is 14.7 Å². The summed E-state index contributed by atoms with van der Waals surface area (Å²) < 4.78 is 5.31. The Labute approximate surface area is 129 Å². The SMILES string of the molecule is O=C1NC(CCc2ccccc2)C(O)=C1C(=O)C1CCCO1. The van der Waals surface area contributed by atoms with Crippen LogP contribution in [-0.4, -0.2) is 35.5 Å². The van der Waals surface area contributed by atoms with Gasteiger partial charge in [-0.2, -0.15) is 0 Å². The van der Waals surface area contributed by atoms with E-state index < -0.39 is 23.8 Å². The normalized spacial score (nSPS) is 24.6. The minimum absolute atomic E-state index is 0.120. The van der Waals surface area contributed by atoms with Gasteiger partial charge in [-0.05, 0) is 31.2 Å². The van der Waals surface area contributed by atoms with Gasteiger partial charge in [0.1, 0.15) is 17.4 Å². The molecule has 5 nitrogen and oxygen atoms in total. The van der Waals surface area contributed by atoms with E-state index in [4.69, 9.17) is 4.74 Å². The molecule has 0 spiro atoms. The maximum atomic E-state index is 12.3. The molecule has 22 heavy (non-hydrogen) atoms. The number of benzene rings is 1. The first-order valence-electron chi connectivity index (χ1n) is 7.60. The Hall–Kier alpha value is -2.14. The molecule has 1 saturated heterocycles. The molecule has 3 rings (SSSR count). The number of carbonyl (C=O) groups excluding carboxylic acids is 2. The molecule has 1 aromatic carbocycles. The van der Waals surface area contributed by atoms with Gasteiger partial charge >= 0.3 is 0 Å². The maximum absolute atomic E-state index is 12.3. The van der Waals surface area contributed by atoms with Gasteiger partial charge in [-0.3, -0.25) is 9.59 Å². The molecule has 0 saturated carbocycles. The molecular formula is C17H19NO4. The summed E-state index contributed by atoms with van der Waals surface area (Å²) in [4.78, 5) is 24.3. The number of hydrogen-bond acceptors (Lipinski definition) is 4. The van der Waals surface area contributed by atoms with Gasteiger partial charge in [-0.1, -0.05) is 30.3 Å². The van der Waals surface area contributed by atoms with Crippen LogP contribution in [0.25, 0.3) is 0 Å². The molecule has 1 aromatic rings. The van der Waals surface area contributed by atoms with Crippen molar-refractivity contribution in [2.24, 2.45) is 0 Å². The van der Waals surface area contributed by atoms with Gasteiger partial charge < -0.3 is 15.2 Å². The molecule has 2 atom stereocenters. The minimum atomic E-state index is -0.587. The van der Waals surface area contributed by atoms with E-state index in [1.807, 2.05) is 30.3 Å². The van der Waals surface area contributed by atoms with Crippen LogP contribution in [0, 0.1) is 0 Å². The van der Waals surface area contributed by atoms with Crippen LogP contribution in [0.3, 0.4) is 0 Å². The Morgan fingerprint density at radius 1 is 1.32 bits per heavy atom. The van der Waals surface area contributed by atoms with Gasteiger partial charge in [-0.15, -0.1) is 0 Å². The van der Waals surface area contributed by atoms with Crippen molar-refractivity contribution in [3.05, 3.63) is 47.2 Å². The molecule has 2 unspecified atom stereocenters. The molecule has 0 aliphatic carbocycles. The van der Waals surface area contributed by atoms with Gasteiger partial charge in [0.15, 0.2) is 0 Å². The summed E-state index contributed by atoms with van der Waals surface area (Å²) in [6.07, 6.45) is 2.11. The van der Waals surface area contributed by atoms with E-state index in [-0.39, 0.29) is 11.3 Å². The van der Waals surface area contributed by atoms with E-state index in [2.05, 4.69) is 5.32 Å². The fourth-order valence-corrected chi connectivity index (χ4v) is 2.94. The molecule has 1 amide bonds. The van der Waals surface area contributed by atoms with Crippen molar-refractivity contribution in [1.82, 2.24) is 5.32 Å². The average molecular weight is 301 g/mol. The summed E-state index contributed by atoms with van der Waals surface area (Å²) in [5.41, 5.74) is 1.01. The topological polar surface area (TPSA) is 75.6 Å². The highest BCUT2D eigenvalue weighted by molar-refractivity contribution is 6.22. The van der Waals surface area contributed by atoms with E-state index in [1.54, 1.807) is 0 Å². The molecule has 2 N–H and O–H groups in total. The Morgan fingerprint density at radius 2 is 2.09 bits per heavy atom. The second kappa shape index (κ2) is 6.32. The highest BCUT2D eigenvalue weighted by atomic mass is 16.5. The van der Waals surface area contributed by atoms with Crippen molar-refractivity contribution in [3.63, 3.8) is 0 Å². The molecule has 0 bridgehead atoms. The zero-order valence-corrected chi connectivity index (χ0v) is 12.2. The number of ether oxygens (including phenoxy) is 1. The summed E-state index contributed by atoms with van der Waals surface area (Å²) in [6, 6.07) is 9.34. The van der Waals surface area contributed by atoms with Gasteiger partial charge in [0, 0.05) is 6.61 Å². The third-order valence-electron chi connectivity index (χ3n) is 4.15. The number of carbonyl (C=O) groups is 2. The fraction of sp³-hybridized carbons (Fsp3) is 0.412. The van der Waals surface area contributed by atoms with Crippen molar-refractivity contribution in [3.8, 4) is 0 Å². The second-order valence-electron chi connectivity index (χ2n) is 5.68. The number of ketones is 1. The lowest BCUT2D eigenvalue weighted by Gasteiger charge is -2.11. The van der Waals surface area contributed by atoms with E-state index in [0.717, 1.165) is 18.4 Å². The highest BCUT2D eigenvalue weighted by Gasteiger charge is 2.39. The summed E-state index contributed by atoms with van der Waals surface area (Å²) in [5, 5.41) is 12.9. The number of Topliss-reactive ketones (excluding diaryl/α,β-unsaturated/α-hetero) is 1. The fourth-order valence-electron chi connectivity index (χ4n) is 2.94. The average Bonchev–Trinajstić information content (AvgIpc) is 3.15. The highest BCUT2D eigenvalue weighted by Crippen LogP contribution is 2.24. The quantitative estimate of drug-likeness (QED) is 0.811. The molecule has 116 valence electrons. The van der Waals surface area contributed by atoms with Gasteiger partial charge in [-0.25, -0.2) is 0 Å². The zero-order valence-electron chi connectivity index (χ0n) is 12.2. The largest absolute Gasteiger partial charge is 0.509 e. The third kappa shape index (κ3) is 2.90. The summed E-state index contributed by atoms with van der Waals surface area (Å²) in [7, 11) is 0. The molecule has 2 aliphatic rings. The minimum Gasteiger partial charge on any atom is -0.509 e. The number of hydrogen-bond donors (Lipinski definition) is 2. The molecule has 2 aliphatic heterocycles. The van der Waals surface area contributed by atoms with Crippen molar-refractivity contribution in [2.75, 3.05) is 6.61 Å². The predicted molar refractivity (Wildman–Crippen MR) is 80.3 cm³/mol. The number of rotatable bonds is 5. The van der Waals surface area contributed by atoms with Crippen LogP contribution in [-0.2, 0) is 20.7 Å². The number of amides is 1. The van der Waals surface area contributed by atoms with E-state index in [0.29, 0.717) is 19.4 Å². The van der Waals surface area contributed by atoms with Crippen LogP contribution >= 0.6 is 0 Å². The lowest BCUT2D eigenvalue weighted by molar-refractivity contribution is -0.127. The predicted octanol–water partition coefficient (Wildman–Crippen LogP) is 1.68. The molecule has 5 heteroatoms. The Balaban J connectivity index is 1.69. The van der Waals surface area contributed by atoms with Gasteiger partial charge in [0.25, 0.3) is 5.91 Å². The summed E-state index contributed by atoms with van der Waals surface area (Å²) >= 11 is 0. The molecule has 2 heterocycles. The molecule has 1 fully saturated rings. The number of aliphatic hydroxyl groups is 1. The maximum Gasteiger partial charge on any atom is 0.259 e. The smallest absolute Gasteiger partial charge is 0.259 e. The lowest BCUT2D eigenvalue weighted by atomic mass is 10.0. The second-order valence-corrected chi connectivity index (χ2v) is 5.68. The van der Waals surface area contributed by atoms with Crippen molar-refractivity contribution >= 4 is 11.7 Å². The van der Waals surface area contributed by atoms with E-state index in [1.165, 1.54) is 0 Å². The third-order valence-corrected chi connectivity index (χ3v) is 4.15. The number of aliphatic hydroxyl groups excluding tert-OH is 1. The number of nitrogens with one attached hydrogen (secondary N) is 1. The first kappa shape index (κ1) is 14.8. The molecular weight excluding hydrogens is 282 g/mol. The van der Waals surface area contributed by atoms with Crippen molar-refractivity contribution < 1.29 is 19.4 Å². The molecule has 0 radical (unpaired) electrons. The zero-order chi connectivity index (χ0) is 15.5. The Morgan fingerprint density at radius 3 is 2.77 bits per heavy atom. The first-order chi connectivity index (χ1) is 10.7. The van der Waals surface area contributed by atoms with Crippen LogP contribution < -0.4 is 5.32 Å². The van der Waals surface area contributed by atoms with Crippen molar-refractivity contribution in [2.45, 2.75) is 37.8 Å². The monoisotopic (exact) mass is 301 g/mol. The van der Waals surface area contributed by atoms with Gasteiger partial charge in [0.2, 0.25) is 5.78 Å². The van der Waals surface area contributed by atoms with Crippen LogP contribution in [0.2, 0.25) is 0 Å². The summed E-state index contributed by atoms with van der Waals surface area (Å²) in [6.45, 7) is 0.531. The first-order valence-corrected chi connectivity index (χ1v) is 7.60. The summed E-state index contributed by atoms with van der Waals surface area (Å²) in [5.74, 6) is -1.02. The van der Waals surface area contributed by atoms with Gasteiger partial charge in [0.05, 0.1) is 6.04 Å². The lowest BCUT2D eigenvalue weighted by Crippen LogP contribution is -2.31. The standard InChI is InChI=1S/C17H19NO4/c19-15-12(9-8-11-5-2-1-3-6-11)18-17(21)14(15)16(20)13-7-4-10-22-13/h1-3,5-6,12-13,19H,4,7-10H2,(H,18,21). The van der Waals surface area contributed by atoms with Crippen LogP contribution in [0.4, 0.5) is 0 Å². The van der Waals surface area contributed by atoms with Crippen molar-refractivity contribution in [1.29, 1.82) is 0 Å². The number of aryl methyl sites for hydroxylation is 1.